The lowest BCUT2D eigenvalue weighted by Crippen LogP contribution is -2.17. The van der Waals surface area contributed by atoms with E-state index in [2.05, 4.69) is 15.5 Å². The fourth-order valence-electron chi connectivity index (χ4n) is 2.00. The predicted octanol–water partition coefficient (Wildman–Crippen LogP) is 2.11. The fraction of sp³-hybridized carbons (Fsp3) is 0.0625. The molecule has 1 amide bonds. The number of benzene rings is 1. The van der Waals surface area contributed by atoms with Crippen molar-refractivity contribution in [2.24, 2.45) is 5.10 Å². The van der Waals surface area contributed by atoms with Crippen LogP contribution in [0.4, 0.5) is 0 Å². The second kappa shape index (κ2) is 6.09. The fourth-order valence-corrected chi connectivity index (χ4v) is 2.00. The number of rotatable bonds is 4. The van der Waals surface area contributed by atoms with E-state index in [0.717, 1.165) is 5.65 Å². The van der Waals surface area contributed by atoms with E-state index in [9.17, 15) is 4.79 Å². The van der Waals surface area contributed by atoms with Gasteiger partial charge in [-0.2, -0.15) is 5.10 Å². The first-order valence-corrected chi connectivity index (χ1v) is 6.67. The van der Waals surface area contributed by atoms with Crippen LogP contribution in [0.1, 0.15) is 16.1 Å². The zero-order chi connectivity index (χ0) is 15.4. The molecule has 6 nitrogen and oxygen atoms in total. The Balaban J connectivity index is 1.69. The Hall–Kier alpha value is -3.15. The van der Waals surface area contributed by atoms with Crippen molar-refractivity contribution in [2.45, 2.75) is 0 Å². The van der Waals surface area contributed by atoms with Crippen molar-refractivity contribution in [3.05, 3.63) is 66.1 Å². The molecule has 0 bridgehead atoms. The third kappa shape index (κ3) is 2.95. The van der Waals surface area contributed by atoms with E-state index >= 15 is 0 Å². The molecule has 0 atom stereocenters. The number of pyridine rings is 1. The molecule has 0 aliphatic heterocycles. The largest absolute Gasteiger partial charge is 0.497 e. The minimum atomic E-state index is -0.307. The topological polar surface area (TPSA) is 68.0 Å². The summed E-state index contributed by atoms with van der Waals surface area (Å²) in [5.41, 5.74) is 4.43. The van der Waals surface area contributed by atoms with Crippen LogP contribution in [0.5, 0.6) is 5.75 Å². The van der Waals surface area contributed by atoms with Gasteiger partial charge in [-0.1, -0.05) is 12.1 Å². The Morgan fingerprint density at radius 3 is 3.05 bits per heavy atom. The summed E-state index contributed by atoms with van der Waals surface area (Å²) in [6.45, 7) is 0. The van der Waals surface area contributed by atoms with Gasteiger partial charge < -0.3 is 9.14 Å². The van der Waals surface area contributed by atoms with Crippen LogP contribution in [-0.4, -0.2) is 28.6 Å². The molecular formula is C16H14N4O2. The van der Waals surface area contributed by atoms with Crippen LogP contribution >= 0.6 is 0 Å². The van der Waals surface area contributed by atoms with Crippen LogP contribution < -0.4 is 10.2 Å². The number of hydrogen-bond acceptors (Lipinski definition) is 4. The first-order chi connectivity index (χ1) is 10.8. The molecule has 0 radical (unpaired) electrons. The van der Waals surface area contributed by atoms with Gasteiger partial charge in [0, 0.05) is 18.0 Å². The number of ether oxygens (including phenoxy) is 1. The lowest BCUT2D eigenvalue weighted by atomic mass is 10.2. The van der Waals surface area contributed by atoms with E-state index in [-0.39, 0.29) is 5.91 Å². The van der Waals surface area contributed by atoms with Gasteiger partial charge in [0.2, 0.25) is 0 Å². The third-order valence-corrected chi connectivity index (χ3v) is 3.08. The van der Waals surface area contributed by atoms with Crippen LogP contribution in [0.2, 0.25) is 0 Å². The van der Waals surface area contributed by atoms with Crippen molar-refractivity contribution in [3.63, 3.8) is 0 Å². The number of hydrazone groups is 1. The lowest BCUT2D eigenvalue weighted by Gasteiger charge is -2.02. The summed E-state index contributed by atoms with van der Waals surface area (Å²) in [5.74, 6) is 0.316. The van der Waals surface area contributed by atoms with E-state index in [4.69, 9.17) is 4.74 Å². The standard InChI is InChI=1S/C16H14N4O2/c1-22-14-6-4-5-12(9-14)16(21)19-17-10-13-11-20-8-3-2-7-15(20)18-13/h2-11H,1H3,(H,19,21)/b17-10-. The van der Waals surface area contributed by atoms with Crippen LogP contribution in [0.15, 0.2) is 60.0 Å². The van der Waals surface area contributed by atoms with Crippen molar-refractivity contribution in [2.75, 3.05) is 7.11 Å². The van der Waals surface area contributed by atoms with Gasteiger partial charge in [-0.15, -0.1) is 0 Å². The molecule has 2 heterocycles. The van der Waals surface area contributed by atoms with E-state index < -0.39 is 0 Å². The summed E-state index contributed by atoms with van der Waals surface area (Å²) in [5, 5.41) is 3.93. The van der Waals surface area contributed by atoms with E-state index in [0.29, 0.717) is 17.0 Å². The molecule has 3 rings (SSSR count). The number of hydrogen-bond donors (Lipinski definition) is 1. The van der Waals surface area contributed by atoms with Gasteiger partial charge in [-0.25, -0.2) is 10.4 Å². The van der Waals surface area contributed by atoms with Crippen LogP contribution in [-0.2, 0) is 0 Å². The molecule has 0 aliphatic carbocycles. The number of aromatic nitrogens is 2. The molecule has 22 heavy (non-hydrogen) atoms. The molecule has 110 valence electrons. The summed E-state index contributed by atoms with van der Waals surface area (Å²) < 4.78 is 6.96. The van der Waals surface area contributed by atoms with Crippen LogP contribution in [0.25, 0.3) is 5.65 Å². The number of fused-ring (bicyclic) bond motifs is 1. The van der Waals surface area contributed by atoms with E-state index in [1.165, 1.54) is 6.21 Å². The van der Waals surface area contributed by atoms with Gasteiger partial charge in [0.15, 0.2) is 0 Å². The Morgan fingerprint density at radius 2 is 2.23 bits per heavy atom. The molecule has 6 heteroatoms. The van der Waals surface area contributed by atoms with Crippen LogP contribution in [0.3, 0.4) is 0 Å². The van der Waals surface area contributed by atoms with Crippen molar-refractivity contribution in [1.29, 1.82) is 0 Å². The Labute approximate surface area is 127 Å². The summed E-state index contributed by atoms with van der Waals surface area (Å²) in [7, 11) is 1.55. The van der Waals surface area contributed by atoms with Gasteiger partial charge >= 0.3 is 0 Å². The molecule has 3 aromatic rings. The molecule has 2 aromatic heterocycles. The quantitative estimate of drug-likeness (QED) is 0.592. The van der Waals surface area contributed by atoms with Crippen molar-refractivity contribution in [1.82, 2.24) is 14.8 Å². The minimum Gasteiger partial charge on any atom is -0.497 e. The third-order valence-electron chi connectivity index (χ3n) is 3.08. The van der Waals surface area contributed by atoms with Gasteiger partial charge in [0.25, 0.3) is 5.91 Å². The highest BCUT2D eigenvalue weighted by molar-refractivity contribution is 5.95. The molecule has 0 fully saturated rings. The molecule has 0 spiro atoms. The number of carbonyl (C=O) groups is 1. The SMILES string of the molecule is COc1cccc(C(=O)N/N=C\c2cn3ccccc3n2)c1. The normalized spacial score (nSPS) is 11.0. The average Bonchev–Trinajstić information content (AvgIpc) is 2.97. The van der Waals surface area contributed by atoms with Gasteiger partial charge in [-0.05, 0) is 30.3 Å². The Morgan fingerprint density at radius 1 is 1.32 bits per heavy atom. The first-order valence-electron chi connectivity index (χ1n) is 6.67. The molecule has 0 saturated carbocycles. The number of carbonyl (C=O) groups excluding carboxylic acids is 1. The number of amides is 1. The maximum Gasteiger partial charge on any atom is 0.271 e. The second-order valence-corrected chi connectivity index (χ2v) is 4.56. The molecule has 1 aromatic carbocycles. The summed E-state index contributed by atoms with van der Waals surface area (Å²) in [6, 6.07) is 12.6. The highest BCUT2D eigenvalue weighted by Gasteiger charge is 2.05. The molecule has 1 N–H and O–H groups in total. The van der Waals surface area contributed by atoms with Gasteiger partial charge in [-0.3, -0.25) is 4.79 Å². The number of nitrogens with zero attached hydrogens (tertiary/aromatic N) is 3. The molecule has 0 unspecified atom stereocenters. The number of methoxy groups -OCH3 is 1. The maximum absolute atomic E-state index is 12.0. The lowest BCUT2D eigenvalue weighted by molar-refractivity contribution is 0.0955. The molecular weight excluding hydrogens is 280 g/mol. The summed E-state index contributed by atoms with van der Waals surface area (Å²) >= 11 is 0. The Kier molecular flexibility index (Phi) is 3.82. The van der Waals surface area contributed by atoms with Crippen LogP contribution in [0, 0.1) is 0 Å². The van der Waals surface area contributed by atoms with Crippen molar-refractivity contribution >= 4 is 17.8 Å². The molecule has 0 aliphatic rings. The minimum absolute atomic E-state index is 0.307. The number of nitrogens with one attached hydrogen (secondary N) is 1. The number of imidazole rings is 1. The zero-order valence-corrected chi connectivity index (χ0v) is 11.9. The first kappa shape index (κ1) is 13.8. The molecule has 0 saturated heterocycles. The van der Waals surface area contributed by atoms with Crippen molar-refractivity contribution < 1.29 is 9.53 Å². The zero-order valence-electron chi connectivity index (χ0n) is 11.9. The highest BCUT2D eigenvalue weighted by atomic mass is 16.5. The van der Waals surface area contributed by atoms with Crippen molar-refractivity contribution in [3.8, 4) is 5.75 Å². The highest BCUT2D eigenvalue weighted by Crippen LogP contribution is 2.12. The average molecular weight is 294 g/mol. The van der Waals surface area contributed by atoms with E-state index in [1.807, 2.05) is 35.0 Å². The Bertz CT molecular complexity index is 806. The smallest absolute Gasteiger partial charge is 0.271 e. The van der Waals surface area contributed by atoms with E-state index in [1.54, 1.807) is 31.4 Å². The monoisotopic (exact) mass is 294 g/mol. The second-order valence-electron chi connectivity index (χ2n) is 4.56. The van der Waals surface area contributed by atoms with Gasteiger partial charge in [0.05, 0.1) is 13.3 Å². The maximum atomic E-state index is 12.0. The summed E-state index contributed by atoms with van der Waals surface area (Å²) in [4.78, 5) is 16.3. The predicted molar refractivity (Wildman–Crippen MR) is 83.2 cm³/mol. The van der Waals surface area contributed by atoms with Gasteiger partial charge in [0.1, 0.15) is 17.1 Å². The summed E-state index contributed by atoms with van der Waals surface area (Å²) in [6.07, 6.45) is 5.23.